The summed E-state index contributed by atoms with van der Waals surface area (Å²) in [6, 6.07) is 13.0. The summed E-state index contributed by atoms with van der Waals surface area (Å²) < 4.78 is 15.4. The van der Waals surface area contributed by atoms with E-state index in [1.807, 2.05) is 0 Å². The zero-order valence-electron chi connectivity index (χ0n) is 26.6. The fourth-order valence-electron chi connectivity index (χ4n) is 5.94. The van der Waals surface area contributed by atoms with Gasteiger partial charge in [0.2, 0.25) is 0 Å². The van der Waals surface area contributed by atoms with E-state index in [4.69, 9.17) is 9.47 Å². The van der Waals surface area contributed by atoms with Gasteiger partial charge in [-0.05, 0) is 47.9 Å². The van der Waals surface area contributed by atoms with Crippen LogP contribution in [0.3, 0.4) is 0 Å². The molecule has 0 heterocycles. The molecular weight excluding hydrogens is 648 g/mol. The van der Waals surface area contributed by atoms with Gasteiger partial charge in [-0.1, -0.05) is 173 Å². The smallest absolute Gasteiger partial charge is 0.169 e. The van der Waals surface area contributed by atoms with E-state index in [9.17, 15) is 0 Å². The molecule has 0 amide bonds. The SMILES string of the molecule is CCCCCCCCCCCCOc1c(OCCCCCCCCCCCC)c2cc(Br)ccc2c2ccc(Br)cc12. The molecule has 0 aliphatic heterocycles. The van der Waals surface area contributed by atoms with E-state index in [0.717, 1.165) is 57.3 Å². The maximum atomic E-state index is 6.61. The quantitative estimate of drug-likeness (QED) is 0.0683. The van der Waals surface area contributed by atoms with Crippen LogP contribution in [0.15, 0.2) is 45.3 Å². The first-order valence-corrected chi connectivity index (χ1v) is 18.8. The molecular formula is C38H56Br2O2. The van der Waals surface area contributed by atoms with Gasteiger partial charge >= 0.3 is 0 Å². The molecule has 0 fully saturated rings. The Morgan fingerprint density at radius 3 is 1.05 bits per heavy atom. The van der Waals surface area contributed by atoms with Crippen LogP contribution in [-0.2, 0) is 0 Å². The zero-order chi connectivity index (χ0) is 29.8. The van der Waals surface area contributed by atoms with Gasteiger partial charge in [-0.2, -0.15) is 0 Å². The molecule has 3 aromatic carbocycles. The topological polar surface area (TPSA) is 18.5 Å². The normalized spacial score (nSPS) is 11.5. The van der Waals surface area contributed by atoms with E-state index in [1.165, 1.54) is 126 Å². The van der Waals surface area contributed by atoms with Gasteiger partial charge in [-0.15, -0.1) is 0 Å². The molecule has 0 N–H and O–H groups in total. The first-order valence-electron chi connectivity index (χ1n) is 17.3. The molecule has 42 heavy (non-hydrogen) atoms. The molecule has 2 nitrogen and oxygen atoms in total. The Morgan fingerprint density at radius 2 is 0.714 bits per heavy atom. The Balaban J connectivity index is 1.58. The van der Waals surface area contributed by atoms with Crippen LogP contribution in [0, 0.1) is 0 Å². The van der Waals surface area contributed by atoms with E-state index in [1.54, 1.807) is 0 Å². The van der Waals surface area contributed by atoms with Gasteiger partial charge in [0.1, 0.15) is 0 Å². The Labute approximate surface area is 274 Å². The van der Waals surface area contributed by atoms with Gasteiger partial charge in [-0.3, -0.25) is 0 Å². The lowest BCUT2D eigenvalue weighted by Crippen LogP contribution is -2.04. The molecule has 0 saturated carbocycles. The number of rotatable bonds is 24. The summed E-state index contributed by atoms with van der Waals surface area (Å²) in [6.07, 6.45) is 26.5. The minimum atomic E-state index is 0.728. The van der Waals surface area contributed by atoms with Crippen molar-refractivity contribution in [2.24, 2.45) is 0 Å². The second-order valence-electron chi connectivity index (χ2n) is 12.1. The predicted molar refractivity (Wildman–Crippen MR) is 192 cm³/mol. The summed E-state index contributed by atoms with van der Waals surface area (Å²) in [5, 5.41) is 4.68. The molecule has 0 aromatic heterocycles. The standard InChI is InChI=1S/C38H56Br2O2/c1-3-5-7-9-11-13-15-17-19-21-27-41-37-35-29-31(39)23-25-33(35)34-26-24-32(40)30-36(34)38(37)42-28-22-20-18-16-14-12-10-8-6-4-2/h23-26,29-30H,3-22,27-28H2,1-2H3. The van der Waals surface area contributed by atoms with E-state index < -0.39 is 0 Å². The van der Waals surface area contributed by atoms with E-state index in [0.29, 0.717) is 0 Å². The molecule has 0 unspecified atom stereocenters. The molecule has 0 atom stereocenters. The first-order chi connectivity index (χ1) is 20.7. The molecule has 4 heteroatoms. The minimum absolute atomic E-state index is 0.728. The number of hydrogen-bond acceptors (Lipinski definition) is 2. The number of fused-ring (bicyclic) bond motifs is 3. The minimum Gasteiger partial charge on any atom is -0.489 e. The third-order valence-corrected chi connectivity index (χ3v) is 9.42. The van der Waals surface area contributed by atoms with Crippen LogP contribution in [0.5, 0.6) is 11.5 Å². The molecule has 0 aliphatic rings. The van der Waals surface area contributed by atoms with Gasteiger partial charge in [0.05, 0.1) is 13.2 Å². The maximum absolute atomic E-state index is 6.61. The highest BCUT2D eigenvalue weighted by Crippen LogP contribution is 2.45. The van der Waals surface area contributed by atoms with Crippen LogP contribution in [0.2, 0.25) is 0 Å². The number of unbranched alkanes of at least 4 members (excludes halogenated alkanes) is 18. The Kier molecular flexibility index (Phi) is 18.0. The third kappa shape index (κ3) is 12.4. The molecule has 0 aliphatic carbocycles. The molecule has 234 valence electrons. The summed E-state index contributed by atoms with van der Waals surface area (Å²) in [6.45, 7) is 6.03. The fraction of sp³-hybridized carbons (Fsp3) is 0.632. The zero-order valence-corrected chi connectivity index (χ0v) is 29.8. The number of halogens is 2. The summed E-state index contributed by atoms with van der Waals surface area (Å²) in [5.74, 6) is 1.81. The van der Waals surface area contributed by atoms with Crippen LogP contribution < -0.4 is 9.47 Å². The second kappa shape index (κ2) is 21.4. The maximum Gasteiger partial charge on any atom is 0.169 e. The van der Waals surface area contributed by atoms with Crippen LogP contribution in [0.1, 0.15) is 142 Å². The molecule has 0 saturated heterocycles. The number of hydrogen-bond donors (Lipinski definition) is 0. The van der Waals surface area contributed by atoms with E-state index in [-0.39, 0.29) is 0 Å². The molecule has 3 rings (SSSR count). The average molecular weight is 705 g/mol. The van der Waals surface area contributed by atoms with Gasteiger partial charge in [0.25, 0.3) is 0 Å². The van der Waals surface area contributed by atoms with Crippen LogP contribution in [-0.4, -0.2) is 13.2 Å². The fourth-order valence-corrected chi connectivity index (χ4v) is 6.66. The Hall–Kier alpha value is -1.26. The van der Waals surface area contributed by atoms with Gasteiger partial charge in [-0.25, -0.2) is 0 Å². The first kappa shape index (κ1) is 35.2. The van der Waals surface area contributed by atoms with Crippen molar-refractivity contribution in [3.05, 3.63) is 45.3 Å². The highest BCUT2D eigenvalue weighted by molar-refractivity contribution is 9.10. The van der Waals surface area contributed by atoms with Crippen molar-refractivity contribution in [2.75, 3.05) is 13.2 Å². The lowest BCUT2D eigenvalue weighted by Gasteiger charge is -2.19. The predicted octanol–water partition coefficient (Wildman–Crippen LogP) is 14.1. The second-order valence-corrected chi connectivity index (χ2v) is 13.9. The van der Waals surface area contributed by atoms with Crippen molar-refractivity contribution < 1.29 is 9.47 Å². The van der Waals surface area contributed by atoms with Crippen molar-refractivity contribution in [3.8, 4) is 11.5 Å². The number of ether oxygens (including phenoxy) is 2. The van der Waals surface area contributed by atoms with Gasteiger partial charge < -0.3 is 9.47 Å². The highest BCUT2D eigenvalue weighted by atomic mass is 79.9. The average Bonchev–Trinajstić information content (AvgIpc) is 2.99. The highest BCUT2D eigenvalue weighted by Gasteiger charge is 2.18. The number of benzene rings is 3. The monoisotopic (exact) mass is 702 g/mol. The van der Waals surface area contributed by atoms with Gasteiger partial charge in [0.15, 0.2) is 11.5 Å². The lowest BCUT2D eigenvalue weighted by atomic mass is 10.00. The van der Waals surface area contributed by atoms with Crippen molar-refractivity contribution in [3.63, 3.8) is 0 Å². The van der Waals surface area contributed by atoms with E-state index in [2.05, 4.69) is 82.1 Å². The summed E-state index contributed by atoms with van der Waals surface area (Å²) in [5.41, 5.74) is 0. The lowest BCUT2D eigenvalue weighted by molar-refractivity contribution is 0.263. The Morgan fingerprint density at radius 1 is 0.405 bits per heavy atom. The Bertz CT molecular complexity index is 1070. The van der Waals surface area contributed by atoms with Crippen molar-refractivity contribution in [1.82, 2.24) is 0 Å². The van der Waals surface area contributed by atoms with Crippen molar-refractivity contribution in [1.29, 1.82) is 0 Å². The van der Waals surface area contributed by atoms with Crippen LogP contribution >= 0.6 is 31.9 Å². The summed E-state index contributed by atoms with van der Waals surface area (Å²) >= 11 is 7.42. The molecule has 3 aromatic rings. The van der Waals surface area contributed by atoms with Crippen molar-refractivity contribution in [2.45, 2.75) is 142 Å². The van der Waals surface area contributed by atoms with Crippen LogP contribution in [0.4, 0.5) is 0 Å². The van der Waals surface area contributed by atoms with Crippen LogP contribution in [0.25, 0.3) is 21.5 Å². The largest absolute Gasteiger partial charge is 0.489 e. The van der Waals surface area contributed by atoms with Gasteiger partial charge in [0, 0.05) is 19.7 Å². The van der Waals surface area contributed by atoms with E-state index >= 15 is 0 Å². The van der Waals surface area contributed by atoms with Crippen molar-refractivity contribution >= 4 is 53.4 Å². The molecule has 0 bridgehead atoms. The summed E-state index contributed by atoms with van der Waals surface area (Å²) in [7, 11) is 0. The third-order valence-electron chi connectivity index (χ3n) is 8.44. The summed E-state index contributed by atoms with van der Waals surface area (Å²) in [4.78, 5) is 0. The molecule has 0 radical (unpaired) electrons. The molecule has 0 spiro atoms.